The largest absolute Gasteiger partial charge is 0.479 e. The van der Waals surface area contributed by atoms with Gasteiger partial charge < -0.3 is 4.74 Å². The number of imidazole rings is 1. The number of alkyl halides is 1. The number of aromatic nitrogens is 4. The molecule has 108 valence electrons. The molecule has 3 rings (SSSR count). The zero-order valence-electron chi connectivity index (χ0n) is 11.3. The van der Waals surface area contributed by atoms with Gasteiger partial charge in [0.1, 0.15) is 12.2 Å². The first-order valence-corrected chi connectivity index (χ1v) is 7.94. The first-order valence-electron chi connectivity index (χ1n) is 6.33. The van der Waals surface area contributed by atoms with E-state index in [0.717, 1.165) is 20.7 Å². The number of rotatable bonds is 4. The van der Waals surface area contributed by atoms with Gasteiger partial charge >= 0.3 is 0 Å². The van der Waals surface area contributed by atoms with E-state index in [2.05, 4.69) is 37.5 Å². The van der Waals surface area contributed by atoms with Gasteiger partial charge in [0.15, 0.2) is 11.2 Å². The second-order valence-electron chi connectivity index (χ2n) is 4.31. The van der Waals surface area contributed by atoms with Crippen molar-refractivity contribution in [2.45, 2.75) is 6.42 Å². The Bertz CT molecular complexity index is 790. The molecule has 0 aliphatic heterocycles. The molecular formula is C14H12ClIN4O. The molecule has 0 radical (unpaired) electrons. The predicted molar refractivity (Wildman–Crippen MR) is 90.4 cm³/mol. The van der Waals surface area contributed by atoms with E-state index in [-0.39, 0.29) is 0 Å². The van der Waals surface area contributed by atoms with Crippen molar-refractivity contribution in [1.82, 2.24) is 19.5 Å². The average Bonchev–Trinajstić information content (AvgIpc) is 2.86. The van der Waals surface area contributed by atoms with Crippen molar-refractivity contribution in [2.75, 3.05) is 13.0 Å². The smallest absolute Gasteiger partial charge is 0.245 e. The Morgan fingerprint density at radius 1 is 1.29 bits per heavy atom. The van der Waals surface area contributed by atoms with E-state index >= 15 is 0 Å². The Balaban J connectivity index is 2.34. The molecule has 0 saturated heterocycles. The van der Waals surface area contributed by atoms with E-state index in [1.807, 2.05) is 28.8 Å². The Labute approximate surface area is 140 Å². The van der Waals surface area contributed by atoms with Gasteiger partial charge in [-0.2, -0.15) is 4.98 Å². The lowest BCUT2D eigenvalue weighted by Crippen LogP contribution is -2.04. The van der Waals surface area contributed by atoms with Crippen LogP contribution in [0.25, 0.3) is 16.9 Å². The van der Waals surface area contributed by atoms with E-state index < -0.39 is 0 Å². The van der Waals surface area contributed by atoms with Crippen molar-refractivity contribution in [3.63, 3.8) is 0 Å². The van der Waals surface area contributed by atoms with Gasteiger partial charge in [0.25, 0.3) is 0 Å². The fourth-order valence-electron chi connectivity index (χ4n) is 2.20. The molecule has 7 heteroatoms. The summed E-state index contributed by atoms with van der Waals surface area (Å²) < 4.78 is 8.41. The van der Waals surface area contributed by atoms with Crippen LogP contribution < -0.4 is 4.74 Å². The van der Waals surface area contributed by atoms with Gasteiger partial charge in [0.2, 0.25) is 5.88 Å². The van der Waals surface area contributed by atoms with E-state index in [1.54, 1.807) is 7.11 Å². The summed E-state index contributed by atoms with van der Waals surface area (Å²) in [4.78, 5) is 13.1. The molecule has 2 aromatic heterocycles. The molecule has 1 aromatic carbocycles. The molecule has 0 aliphatic carbocycles. The summed E-state index contributed by atoms with van der Waals surface area (Å²) in [7, 11) is 1.58. The van der Waals surface area contributed by atoms with Gasteiger partial charge in [0, 0.05) is 15.9 Å². The summed E-state index contributed by atoms with van der Waals surface area (Å²) in [5.74, 6) is 1.81. The minimum absolute atomic E-state index is 0.473. The average molecular weight is 415 g/mol. The van der Waals surface area contributed by atoms with Crippen LogP contribution in [-0.2, 0) is 6.42 Å². The normalized spacial score (nSPS) is 11.0. The molecule has 0 N–H and O–H groups in total. The van der Waals surface area contributed by atoms with Crippen molar-refractivity contribution in [3.05, 3.63) is 40.0 Å². The highest BCUT2D eigenvalue weighted by Crippen LogP contribution is 2.27. The fourth-order valence-corrected chi connectivity index (χ4v) is 3.00. The highest BCUT2D eigenvalue weighted by molar-refractivity contribution is 14.1. The van der Waals surface area contributed by atoms with Crippen LogP contribution in [0.15, 0.2) is 30.6 Å². The SMILES string of the molecule is COc1ncnc2c1nc(CCCl)n2-c1ccccc1I. The summed E-state index contributed by atoms with van der Waals surface area (Å²) in [5.41, 5.74) is 2.41. The summed E-state index contributed by atoms with van der Waals surface area (Å²) in [6.07, 6.45) is 2.13. The number of hydrogen-bond acceptors (Lipinski definition) is 4. The first kappa shape index (κ1) is 14.5. The molecule has 0 saturated carbocycles. The molecule has 5 nitrogen and oxygen atoms in total. The summed E-state index contributed by atoms with van der Waals surface area (Å²) in [6.45, 7) is 0. The third-order valence-corrected chi connectivity index (χ3v) is 4.19. The maximum Gasteiger partial charge on any atom is 0.245 e. The van der Waals surface area contributed by atoms with E-state index in [0.29, 0.717) is 23.7 Å². The quantitative estimate of drug-likeness (QED) is 0.486. The molecule has 21 heavy (non-hydrogen) atoms. The maximum absolute atomic E-state index is 5.91. The van der Waals surface area contributed by atoms with E-state index in [1.165, 1.54) is 6.33 Å². The van der Waals surface area contributed by atoms with E-state index in [4.69, 9.17) is 16.3 Å². The lowest BCUT2D eigenvalue weighted by molar-refractivity contribution is 0.401. The molecule has 0 fully saturated rings. The molecule has 0 spiro atoms. The van der Waals surface area contributed by atoms with Crippen LogP contribution in [0, 0.1) is 3.57 Å². The van der Waals surface area contributed by atoms with Crippen molar-refractivity contribution in [2.24, 2.45) is 0 Å². The molecule has 0 unspecified atom stereocenters. The topological polar surface area (TPSA) is 52.8 Å². The Hall–Kier alpha value is -1.41. The van der Waals surface area contributed by atoms with Gasteiger partial charge in [-0.05, 0) is 34.7 Å². The Morgan fingerprint density at radius 2 is 2.10 bits per heavy atom. The number of aryl methyl sites for hydroxylation is 1. The molecule has 0 amide bonds. The molecule has 0 aliphatic rings. The van der Waals surface area contributed by atoms with Crippen LogP contribution in [0.2, 0.25) is 0 Å². The van der Waals surface area contributed by atoms with Crippen LogP contribution >= 0.6 is 34.2 Å². The molecule has 0 bridgehead atoms. The highest BCUT2D eigenvalue weighted by atomic mass is 127. The Kier molecular flexibility index (Phi) is 4.25. The predicted octanol–water partition coefficient (Wildman–Crippen LogP) is 3.21. The van der Waals surface area contributed by atoms with Crippen LogP contribution in [0.4, 0.5) is 0 Å². The van der Waals surface area contributed by atoms with Gasteiger partial charge in [-0.25, -0.2) is 9.97 Å². The number of nitrogens with zero attached hydrogens (tertiary/aromatic N) is 4. The number of methoxy groups -OCH3 is 1. The zero-order valence-corrected chi connectivity index (χ0v) is 14.2. The standard InChI is InChI=1S/C14H12ClIN4O/c1-21-14-12-13(17-8-18-14)20(11(19-12)6-7-15)10-5-3-2-4-9(10)16/h2-5,8H,6-7H2,1H3. The van der Waals surface area contributed by atoms with Crippen molar-refractivity contribution in [1.29, 1.82) is 0 Å². The molecular weight excluding hydrogens is 403 g/mol. The van der Waals surface area contributed by atoms with Gasteiger partial charge in [-0.15, -0.1) is 11.6 Å². The number of ether oxygens (including phenoxy) is 1. The summed E-state index contributed by atoms with van der Waals surface area (Å²) in [5, 5.41) is 0. The number of para-hydroxylation sites is 1. The third kappa shape index (κ3) is 2.57. The second kappa shape index (κ2) is 6.15. The zero-order chi connectivity index (χ0) is 14.8. The van der Waals surface area contributed by atoms with Crippen LogP contribution in [-0.4, -0.2) is 32.5 Å². The van der Waals surface area contributed by atoms with Crippen molar-refractivity contribution in [3.8, 4) is 11.6 Å². The van der Waals surface area contributed by atoms with Crippen molar-refractivity contribution >= 4 is 45.4 Å². The fraction of sp³-hybridized carbons (Fsp3) is 0.214. The number of fused-ring (bicyclic) bond motifs is 1. The van der Waals surface area contributed by atoms with Gasteiger partial charge in [0.05, 0.1) is 12.8 Å². The first-order chi connectivity index (χ1) is 10.3. The van der Waals surface area contributed by atoms with Crippen LogP contribution in [0.3, 0.4) is 0 Å². The van der Waals surface area contributed by atoms with Crippen LogP contribution in [0.5, 0.6) is 5.88 Å². The summed E-state index contributed by atoms with van der Waals surface area (Å²) in [6, 6.07) is 8.08. The Morgan fingerprint density at radius 3 is 2.81 bits per heavy atom. The minimum Gasteiger partial charge on any atom is -0.479 e. The van der Waals surface area contributed by atoms with E-state index in [9.17, 15) is 0 Å². The van der Waals surface area contributed by atoms with Crippen LogP contribution in [0.1, 0.15) is 5.82 Å². The second-order valence-corrected chi connectivity index (χ2v) is 5.85. The number of benzene rings is 1. The van der Waals surface area contributed by atoms with Gasteiger partial charge in [-0.3, -0.25) is 4.57 Å². The van der Waals surface area contributed by atoms with Gasteiger partial charge in [-0.1, -0.05) is 12.1 Å². The molecule has 2 heterocycles. The van der Waals surface area contributed by atoms with Crippen molar-refractivity contribution < 1.29 is 4.74 Å². The highest BCUT2D eigenvalue weighted by Gasteiger charge is 2.18. The lowest BCUT2D eigenvalue weighted by atomic mass is 10.3. The molecule has 0 atom stereocenters. The number of halogens is 2. The minimum atomic E-state index is 0.473. The third-order valence-electron chi connectivity index (χ3n) is 3.08. The maximum atomic E-state index is 5.91. The number of hydrogen-bond donors (Lipinski definition) is 0. The summed E-state index contributed by atoms with van der Waals surface area (Å²) >= 11 is 8.21. The monoisotopic (exact) mass is 414 g/mol. The molecule has 3 aromatic rings. The lowest BCUT2D eigenvalue weighted by Gasteiger charge is -2.09.